The van der Waals surface area contributed by atoms with E-state index in [9.17, 15) is 0 Å². The van der Waals surface area contributed by atoms with Crippen molar-refractivity contribution in [3.63, 3.8) is 0 Å². The third kappa shape index (κ3) is 4.32. The van der Waals surface area contributed by atoms with Crippen molar-refractivity contribution in [2.45, 2.75) is 52.6 Å². The van der Waals surface area contributed by atoms with E-state index in [1.54, 1.807) is 5.56 Å². The third-order valence-corrected chi connectivity index (χ3v) is 4.30. The fourth-order valence-corrected chi connectivity index (χ4v) is 3.11. The van der Waals surface area contributed by atoms with E-state index in [1.807, 2.05) is 0 Å². The van der Waals surface area contributed by atoms with E-state index < -0.39 is 0 Å². The van der Waals surface area contributed by atoms with Crippen molar-refractivity contribution in [1.29, 1.82) is 0 Å². The lowest BCUT2D eigenvalue weighted by Crippen LogP contribution is -2.42. The van der Waals surface area contributed by atoms with Crippen molar-refractivity contribution >= 4 is 0 Å². The summed E-state index contributed by atoms with van der Waals surface area (Å²) in [5.74, 6) is 0.734. The minimum atomic E-state index is 0.667. The van der Waals surface area contributed by atoms with Crippen molar-refractivity contribution < 1.29 is 0 Å². The average molecular weight is 274 g/mol. The first-order valence-electron chi connectivity index (χ1n) is 8.22. The molecule has 1 aromatic carbocycles. The predicted octanol–water partition coefficient (Wildman–Crippen LogP) is 3.46. The van der Waals surface area contributed by atoms with Crippen molar-refractivity contribution in [1.82, 2.24) is 10.2 Å². The Morgan fingerprint density at radius 3 is 2.60 bits per heavy atom. The molecule has 0 aromatic heterocycles. The van der Waals surface area contributed by atoms with Crippen molar-refractivity contribution in [3.8, 4) is 0 Å². The molecule has 1 aliphatic heterocycles. The fraction of sp³-hybridized carbons (Fsp3) is 0.667. The van der Waals surface area contributed by atoms with E-state index in [1.165, 1.54) is 31.4 Å². The Balaban J connectivity index is 1.96. The standard InChI is InChI=1S/C18H30N2/c1-4-18(13-19-12-15(2)3)20-11-7-10-16-8-5-6-9-17(16)14-20/h5-6,8-9,15,18-19H,4,7,10-14H2,1-3H3. The van der Waals surface area contributed by atoms with Crippen LogP contribution in [-0.4, -0.2) is 30.6 Å². The molecule has 0 spiro atoms. The third-order valence-electron chi connectivity index (χ3n) is 4.30. The number of hydrogen-bond acceptors (Lipinski definition) is 2. The molecule has 2 nitrogen and oxygen atoms in total. The maximum atomic E-state index is 3.64. The second kappa shape index (κ2) is 7.80. The fourth-order valence-electron chi connectivity index (χ4n) is 3.11. The minimum absolute atomic E-state index is 0.667. The molecule has 0 saturated heterocycles. The molecular weight excluding hydrogens is 244 g/mol. The second-order valence-electron chi connectivity index (χ2n) is 6.46. The molecule has 20 heavy (non-hydrogen) atoms. The van der Waals surface area contributed by atoms with Crippen LogP contribution in [0.2, 0.25) is 0 Å². The van der Waals surface area contributed by atoms with Gasteiger partial charge in [0.1, 0.15) is 0 Å². The van der Waals surface area contributed by atoms with Crippen molar-refractivity contribution in [2.75, 3.05) is 19.6 Å². The number of nitrogens with zero attached hydrogens (tertiary/aromatic N) is 1. The Hall–Kier alpha value is -0.860. The molecule has 1 heterocycles. The van der Waals surface area contributed by atoms with Crippen LogP contribution in [0.25, 0.3) is 0 Å². The van der Waals surface area contributed by atoms with Gasteiger partial charge in [0.15, 0.2) is 0 Å². The van der Waals surface area contributed by atoms with E-state index in [0.29, 0.717) is 6.04 Å². The zero-order chi connectivity index (χ0) is 14.4. The molecule has 2 rings (SSSR count). The molecule has 1 aliphatic rings. The first-order valence-corrected chi connectivity index (χ1v) is 8.22. The number of hydrogen-bond donors (Lipinski definition) is 1. The second-order valence-corrected chi connectivity index (χ2v) is 6.46. The van der Waals surface area contributed by atoms with Crippen LogP contribution >= 0.6 is 0 Å². The van der Waals surface area contributed by atoms with Crippen LogP contribution in [0.5, 0.6) is 0 Å². The highest BCUT2D eigenvalue weighted by Gasteiger charge is 2.20. The number of aryl methyl sites for hydroxylation is 1. The number of fused-ring (bicyclic) bond motifs is 1. The van der Waals surface area contributed by atoms with Crippen LogP contribution in [0, 0.1) is 5.92 Å². The van der Waals surface area contributed by atoms with Gasteiger partial charge in [0.2, 0.25) is 0 Å². The van der Waals surface area contributed by atoms with Gasteiger partial charge in [-0.3, -0.25) is 4.90 Å². The summed E-state index contributed by atoms with van der Waals surface area (Å²) in [6.07, 6.45) is 3.76. The SMILES string of the molecule is CCC(CNCC(C)C)N1CCCc2ccccc2C1. The molecule has 0 bridgehead atoms. The lowest BCUT2D eigenvalue weighted by molar-refractivity contribution is 0.179. The van der Waals surface area contributed by atoms with Crippen LogP contribution in [0.15, 0.2) is 24.3 Å². The Kier molecular flexibility index (Phi) is 6.06. The van der Waals surface area contributed by atoms with Crippen LogP contribution < -0.4 is 5.32 Å². The molecule has 112 valence electrons. The summed E-state index contributed by atoms with van der Waals surface area (Å²) in [5, 5.41) is 3.64. The summed E-state index contributed by atoms with van der Waals surface area (Å²) >= 11 is 0. The summed E-state index contributed by atoms with van der Waals surface area (Å²) in [4.78, 5) is 2.68. The molecular formula is C18H30N2. The van der Waals surface area contributed by atoms with Crippen molar-refractivity contribution in [2.24, 2.45) is 5.92 Å². The quantitative estimate of drug-likeness (QED) is 0.854. The molecule has 1 aromatic rings. The van der Waals surface area contributed by atoms with Gasteiger partial charge in [-0.15, -0.1) is 0 Å². The normalized spacial score (nSPS) is 17.8. The van der Waals surface area contributed by atoms with Gasteiger partial charge in [-0.2, -0.15) is 0 Å². The highest BCUT2D eigenvalue weighted by molar-refractivity contribution is 5.28. The van der Waals surface area contributed by atoms with Gasteiger partial charge in [0.25, 0.3) is 0 Å². The average Bonchev–Trinajstić information content (AvgIpc) is 2.65. The van der Waals surface area contributed by atoms with Gasteiger partial charge < -0.3 is 5.32 Å². The molecule has 0 saturated carbocycles. The van der Waals surface area contributed by atoms with Gasteiger partial charge in [-0.1, -0.05) is 45.0 Å². The smallest absolute Gasteiger partial charge is 0.0239 e. The van der Waals surface area contributed by atoms with Crippen LogP contribution in [-0.2, 0) is 13.0 Å². The van der Waals surface area contributed by atoms with Gasteiger partial charge in [0, 0.05) is 19.1 Å². The first-order chi connectivity index (χ1) is 9.70. The van der Waals surface area contributed by atoms with E-state index >= 15 is 0 Å². The van der Waals surface area contributed by atoms with Crippen LogP contribution in [0.4, 0.5) is 0 Å². The zero-order valence-corrected chi connectivity index (χ0v) is 13.4. The molecule has 1 N–H and O–H groups in total. The summed E-state index contributed by atoms with van der Waals surface area (Å²) in [6.45, 7) is 11.5. The van der Waals surface area contributed by atoms with Gasteiger partial charge in [-0.05, 0) is 49.4 Å². The van der Waals surface area contributed by atoms with Gasteiger partial charge in [0.05, 0.1) is 0 Å². The highest BCUT2D eigenvalue weighted by Crippen LogP contribution is 2.20. The zero-order valence-electron chi connectivity index (χ0n) is 13.4. The van der Waals surface area contributed by atoms with E-state index in [-0.39, 0.29) is 0 Å². The maximum Gasteiger partial charge on any atom is 0.0239 e. The van der Waals surface area contributed by atoms with E-state index in [4.69, 9.17) is 0 Å². The number of nitrogens with one attached hydrogen (secondary N) is 1. The maximum absolute atomic E-state index is 3.64. The Bertz CT molecular complexity index is 400. The molecule has 2 heteroatoms. The Labute approximate surface area is 124 Å². The summed E-state index contributed by atoms with van der Waals surface area (Å²) in [7, 11) is 0. The Morgan fingerprint density at radius 1 is 1.15 bits per heavy atom. The van der Waals surface area contributed by atoms with E-state index in [2.05, 4.69) is 55.3 Å². The summed E-state index contributed by atoms with van der Waals surface area (Å²) in [6, 6.07) is 9.63. The summed E-state index contributed by atoms with van der Waals surface area (Å²) < 4.78 is 0. The molecule has 0 radical (unpaired) electrons. The molecule has 0 aliphatic carbocycles. The lowest BCUT2D eigenvalue weighted by Gasteiger charge is -2.30. The molecule has 0 fully saturated rings. The first kappa shape index (κ1) is 15.5. The number of benzene rings is 1. The number of rotatable bonds is 6. The topological polar surface area (TPSA) is 15.3 Å². The highest BCUT2D eigenvalue weighted by atomic mass is 15.2. The van der Waals surface area contributed by atoms with Crippen molar-refractivity contribution in [3.05, 3.63) is 35.4 Å². The largest absolute Gasteiger partial charge is 0.315 e. The predicted molar refractivity (Wildman–Crippen MR) is 87.0 cm³/mol. The van der Waals surface area contributed by atoms with Gasteiger partial charge >= 0.3 is 0 Å². The Morgan fingerprint density at radius 2 is 1.90 bits per heavy atom. The van der Waals surface area contributed by atoms with E-state index in [0.717, 1.165) is 25.6 Å². The molecule has 1 atom stereocenters. The summed E-state index contributed by atoms with van der Waals surface area (Å²) in [5.41, 5.74) is 3.09. The minimum Gasteiger partial charge on any atom is -0.315 e. The molecule has 0 amide bonds. The lowest BCUT2D eigenvalue weighted by atomic mass is 10.0. The molecule has 1 unspecified atom stereocenters. The van der Waals surface area contributed by atoms with Gasteiger partial charge in [-0.25, -0.2) is 0 Å². The monoisotopic (exact) mass is 274 g/mol. The van der Waals surface area contributed by atoms with Crippen LogP contribution in [0.1, 0.15) is 44.7 Å². The van der Waals surface area contributed by atoms with Crippen LogP contribution in [0.3, 0.4) is 0 Å².